The number of hydrogen-bond acceptors (Lipinski definition) is 8. The number of carbonyl (C=O) groups excluding carboxylic acids is 3. The Bertz CT molecular complexity index is 1210. The van der Waals surface area contributed by atoms with E-state index in [-0.39, 0.29) is 19.1 Å². The topological polar surface area (TPSA) is 140 Å². The summed E-state index contributed by atoms with van der Waals surface area (Å²) in [5, 5.41) is 8.97. The first-order chi connectivity index (χ1) is 18.0. The minimum Gasteiger partial charge on any atom is -0.494 e. The normalized spacial score (nSPS) is 10.5. The molecule has 11 nitrogen and oxygen atoms in total. The Balaban J connectivity index is 1.51. The molecule has 0 aliphatic carbocycles. The van der Waals surface area contributed by atoms with Crippen molar-refractivity contribution in [3.05, 3.63) is 72.2 Å². The Morgan fingerprint density at radius 2 is 1.70 bits per heavy atom. The molecule has 3 amide bonds. The third kappa shape index (κ3) is 8.73. The van der Waals surface area contributed by atoms with Crippen LogP contribution in [0.25, 0.3) is 0 Å². The molecule has 2 aromatic carbocycles. The zero-order valence-electron chi connectivity index (χ0n) is 20.5. The molecule has 194 valence electrons. The van der Waals surface area contributed by atoms with Gasteiger partial charge in [0.2, 0.25) is 0 Å². The summed E-state index contributed by atoms with van der Waals surface area (Å²) in [5.41, 5.74) is 3.35. The molecule has 0 aliphatic rings. The van der Waals surface area contributed by atoms with Crippen molar-refractivity contribution < 1.29 is 33.0 Å². The summed E-state index contributed by atoms with van der Waals surface area (Å²) in [6, 6.07) is 15.3. The van der Waals surface area contributed by atoms with Gasteiger partial charge in [-0.1, -0.05) is 0 Å². The van der Waals surface area contributed by atoms with Crippen molar-refractivity contribution in [1.29, 1.82) is 0 Å². The fourth-order valence-corrected chi connectivity index (χ4v) is 3.01. The predicted octanol–water partition coefficient (Wildman–Crippen LogP) is 2.86. The monoisotopic (exact) mass is 508 g/mol. The van der Waals surface area contributed by atoms with Crippen molar-refractivity contribution in [1.82, 2.24) is 10.7 Å². The number of rotatable bonds is 12. The zero-order valence-corrected chi connectivity index (χ0v) is 20.5. The number of carbonyl (C=O) groups is 3. The number of nitrogens with zero attached hydrogens (tertiary/aromatic N) is 1. The molecule has 37 heavy (non-hydrogen) atoms. The van der Waals surface area contributed by atoms with E-state index in [1.165, 1.54) is 12.5 Å². The van der Waals surface area contributed by atoms with Crippen LogP contribution >= 0.6 is 0 Å². The standard InChI is InChI=1S/C26H28N4O7/c1-3-34-20-10-8-19(9-11-20)29-24(31)17-37-22-12-7-18(14-23(22)35-4-2)15-28-30-26(33)25(32)27-16-21-6-5-13-36-21/h5-15H,3-4,16-17H2,1-2H3,(H,27,32)(H,29,31)(H,30,33)/b28-15-. The number of hydrogen-bond donors (Lipinski definition) is 3. The van der Waals surface area contributed by atoms with Gasteiger partial charge in [-0.25, -0.2) is 5.43 Å². The van der Waals surface area contributed by atoms with E-state index in [1.807, 2.05) is 13.8 Å². The Labute approximate surface area is 213 Å². The van der Waals surface area contributed by atoms with Crippen LogP contribution in [0, 0.1) is 0 Å². The van der Waals surface area contributed by atoms with Crippen LogP contribution in [-0.4, -0.2) is 43.8 Å². The van der Waals surface area contributed by atoms with Crippen molar-refractivity contribution in [2.75, 3.05) is 25.1 Å². The summed E-state index contributed by atoms with van der Waals surface area (Å²) in [7, 11) is 0. The maximum atomic E-state index is 12.3. The molecule has 0 fully saturated rings. The second-order valence-corrected chi connectivity index (χ2v) is 7.39. The average Bonchev–Trinajstić information content (AvgIpc) is 3.42. The summed E-state index contributed by atoms with van der Waals surface area (Å²) >= 11 is 0. The van der Waals surface area contributed by atoms with Crippen LogP contribution < -0.4 is 30.3 Å². The molecule has 3 N–H and O–H groups in total. The Morgan fingerprint density at radius 3 is 2.41 bits per heavy atom. The maximum absolute atomic E-state index is 12.3. The molecule has 11 heteroatoms. The summed E-state index contributed by atoms with van der Waals surface area (Å²) in [6.45, 7) is 4.48. The molecule has 0 spiro atoms. The largest absolute Gasteiger partial charge is 0.494 e. The Morgan fingerprint density at radius 1 is 0.919 bits per heavy atom. The summed E-state index contributed by atoms with van der Waals surface area (Å²) in [5.74, 6) is -0.129. The SMILES string of the molecule is CCOc1ccc(NC(=O)COc2ccc(/C=N\NC(=O)C(=O)NCc3ccco3)cc2OCC)cc1. The van der Waals surface area contributed by atoms with Gasteiger partial charge in [-0.3, -0.25) is 14.4 Å². The molecule has 0 saturated carbocycles. The number of anilines is 1. The van der Waals surface area contributed by atoms with E-state index in [0.29, 0.717) is 41.7 Å². The predicted molar refractivity (Wildman–Crippen MR) is 136 cm³/mol. The van der Waals surface area contributed by atoms with Crippen LogP contribution in [-0.2, 0) is 20.9 Å². The number of ether oxygens (including phenoxy) is 3. The first kappa shape index (κ1) is 26.8. The van der Waals surface area contributed by atoms with Gasteiger partial charge in [-0.05, 0) is 74.0 Å². The van der Waals surface area contributed by atoms with E-state index >= 15 is 0 Å². The lowest BCUT2D eigenvalue weighted by molar-refractivity contribution is -0.139. The van der Waals surface area contributed by atoms with Gasteiger partial charge in [-0.15, -0.1) is 0 Å². The molecule has 0 atom stereocenters. The second-order valence-electron chi connectivity index (χ2n) is 7.39. The van der Waals surface area contributed by atoms with Crippen LogP contribution in [0.5, 0.6) is 17.2 Å². The van der Waals surface area contributed by atoms with Crippen molar-refractivity contribution in [3.63, 3.8) is 0 Å². The maximum Gasteiger partial charge on any atom is 0.329 e. The van der Waals surface area contributed by atoms with E-state index in [0.717, 1.165) is 5.75 Å². The lowest BCUT2D eigenvalue weighted by Gasteiger charge is -2.13. The van der Waals surface area contributed by atoms with Crippen molar-refractivity contribution >= 4 is 29.6 Å². The van der Waals surface area contributed by atoms with E-state index in [2.05, 4.69) is 21.2 Å². The minimum absolute atomic E-state index is 0.0837. The number of hydrazone groups is 1. The molecule has 0 saturated heterocycles. The van der Waals surface area contributed by atoms with Crippen molar-refractivity contribution in [3.8, 4) is 17.2 Å². The zero-order chi connectivity index (χ0) is 26.5. The van der Waals surface area contributed by atoms with Crippen molar-refractivity contribution in [2.45, 2.75) is 20.4 Å². The Kier molecular flexibility index (Phi) is 10.1. The van der Waals surface area contributed by atoms with Gasteiger partial charge < -0.3 is 29.3 Å². The van der Waals surface area contributed by atoms with E-state index in [4.69, 9.17) is 18.6 Å². The first-order valence-corrected chi connectivity index (χ1v) is 11.5. The molecule has 3 aromatic rings. The van der Waals surface area contributed by atoms with Crippen LogP contribution in [0.4, 0.5) is 5.69 Å². The van der Waals surface area contributed by atoms with Gasteiger partial charge in [-0.2, -0.15) is 5.10 Å². The lowest BCUT2D eigenvalue weighted by atomic mass is 10.2. The van der Waals surface area contributed by atoms with Crippen molar-refractivity contribution in [2.24, 2.45) is 5.10 Å². The third-order valence-corrected chi connectivity index (χ3v) is 4.66. The molecule has 0 aliphatic heterocycles. The minimum atomic E-state index is -0.925. The number of amides is 3. The lowest BCUT2D eigenvalue weighted by Crippen LogP contribution is -2.37. The van der Waals surface area contributed by atoms with Crippen LogP contribution in [0.1, 0.15) is 25.2 Å². The summed E-state index contributed by atoms with van der Waals surface area (Å²) in [4.78, 5) is 36.0. The smallest absolute Gasteiger partial charge is 0.329 e. The molecule has 0 radical (unpaired) electrons. The first-order valence-electron chi connectivity index (χ1n) is 11.5. The quantitative estimate of drug-likeness (QED) is 0.194. The fraction of sp³-hybridized carbons (Fsp3) is 0.231. The van der Waals surface area contributed by atoms with Gasteiger partial charge in [0.15, 0.2) is 18.1 Å². The highest BCUT2D eigenvalue weighted by Crippen LogP contribution is 2.28. The molecule has 0 bridgehead atoms. The van der Waals surface area contributed by atoms with E-state index < -0.39 is 11.8 Å². The highest BCUT2D eigenvalue weighted by molar-refractivity contribution is 6.35. The Hall–Kier alpha value is -4.80. The third-order valence-electron chi connectivity index (χ3n) is 4.66. The molecule has 0 unspecified atom stereocenters. The van der Waals surface area contributed by atoms with E-state index in [1.54, 1.807) is 54.6 Å². The number of benzene rings is 2. The van der Waals surface area contributed by atoms with Gasteiger partial charge in [0.1, 0.15) is 11.5 Å². The molecule has 3 rings (SSSR count). The van der Waals surface area contributed by atoms with Gasteiger partial charge >= 0.3 is 11.8 Å². The molecule has 1 aromatic heterocycles. The molecule has 1 heterocycles. The highest BCUT2D eigenvalue weighted by Gasteiger charge is 2.13. The van der Waals surface area contributed by atoms with E-state index in [9.17, 15) is 14.4 Å². The fourth-order valence-electron chi connectivity index (χ4n) is 3.01. The van der Waals surface area contributed by atoms with Crippen LogP contribution in [0.3, 0.4) is 0 Å². The van der Waals surface area contributed by atoms with Gasteiger partial charge in [0, 0.05) is 5.69 Å². The highest BCUT2D eigenvalue weighted by atomic mass is 16.5. The molecular weight excluding hydrogens is 480 g/mol. The number of furan rings is 1. The number of nitrogens with one attached hydrogen (secondary N) is 3. The summed E-state index contributed by atoms with van der Waals surface area (Å²) < 4.78 is 21.7. The summed E-state index contributed by atoms with van der Waals surface area (Å²) in [6.07, 6.45) is 2.82. The van der Waals surface area contributed by atoms with Crippen LogP contribution in [0.15, 0.2) is 70.4 Å². The van der Waals surface area contributed by atoms with Crippen LogP contribution in [0.2, 0.25) is 0 Å². The van der Waals surface area contributed by atoms with Gasteiger partial charge in [0.05, 0.1) is 32.2 Å². The van der Waals surface area contributed by atoms with Gasteiger partial charge in [0.25, 0.3) is 5.91 Å². The second kappa shape index (κ2) is 13.9. The average molecular weight is 509 g/mol. The molecular formula is C26H28N4O7.